The van der Waals surface area contributed by atoms with E-state index >= 15 is 0 Å². The highest BCUT2D eigenvalue weighted by Crippen LogP contribution is 2.28. The van der Waals surface area contributed by atoms with Gasteiger partial charge in [0.25, 0.3) is 5.56 Å². The summed E-state index contributed by atoms with van der Waals surface area (Å²) in [6.45, 7) is 3.11. The minimum Gasteiger partial charge on any atom is -0.392 e. The molecule has 0 spiro atoms. The smallest absolute Gasteiger partial charge is 0.250 e. The number of hydrogen-bond acceptors (Lipinski definition) is 4. The highest BCUT2D eigenvalue weighted by atomic mass is 16.3. The van der Waals surface area contributed by atoms with Crippen molar-refractivity contribution in [2.75, 3.05) is 13.6 Å². The van der Waals surface area contributed by atoms with E-state index in [4.69, 9.17) is 4.98 Å². The Hall–Kier alpha value is -2.93. The van der Waals surface area contributed by atoms with Crippen molar-refractivity contribution in [2.24, 2.45) is 5.92 Å². The predicted octanol–water partition coefficient (Wildman–Crippen LogP) is 1.67. The molecule has 1 saturated heterocycles. The molecule has 0 bridgehead atoms. The SMILES string of the molecule is Cc1cc(-c2nc3cc(CO)ccc3n2CC2CC(=O)N(C)C2)c[nH]c1=O. The van der Waals surface area contributed by atoms with Crippen molar-refractivity contribution in [2.45, 2.75) is 26.5 Å². The molecule has 3 aromatic rings. The Kier molecular flexibility index (Phi) is 4.31. The number of likely N-dealkylation sites (tertiary alicyclic amines) is 1. The Morgan fingerprint density at radius 2 is 2.11 bits per heavy atom. The number of nitrogens with zero attached hydrogens (tertiary/aromatic N) is 3. The summed E-state index contributed by atoms with van der Waals surface area (Å²) >= 11 is 0. The van der Waals surface area contributed by atoms with Crippen LogP contribution in [0.25, 0.3) is 22.4 Å². The van der Waals surface area contributed by atoms with E-state index in [1.807, 2.05) is 31.3 Å². The summed E-state index contributed by atoms with van der Waals surface area (Å²) in [6.07, 6.45) is 2.20. The van der Waals surface area contributed by atoms with Crippen LogP contribution in [0.5, 0.6) is 0 Å². The molecule has 2 aromatic heterocycles. The van der Waals surface area contributed by atoms with Gasteiger partial charge in [0.2, 0.25) is 5.91 Å². The molecular weight excluding hydrogens is 344 g/mol. The molecule has 1 aliphatic heterocycles. The fourth-order valence-corrected chi connectivity index (χ4v) is 3.74. The zero-order chi connectivity index (χ0) is 19.1. The van der Waals surface area contributed by atoms with E-state index in [1.54, 1.807) is 18.0 Å². The van der Waals surface area contributed by atoms with Crippen molar-refractivity contribution in [3.05, 3.63) is 51.9 Å². The van der Waals surface area contributed by atoms with Crippen molar-refractivity contribution in [1.29, 1.82) is 0 Å². The summed E-state index contributed by atoms with van der Waals surface area (Å²) in [5.41, 5.74) is 3.87. The maximum Gasteiger partial charge on any atom is 0.250 e. The highest BCUT2D eigenvalue weighted by Gasteiger charge is 2.28. The van der Waals surface area contributed by atoms with Crippen LogP contribution < -0.4 is 5.56 Å². The monoisotopic (exact) mass is 366 g/mol. The van der Waals surface area contributed by atoms with Crippen LogP contribution >= 0.6 is 0 Å². The van der Waals surface area contributed by atoms with Gasteiger partial charge < -0.3 is 19.6 Å². The molecular formula is C20H22N4O3. The molecule has 1 amide bonds. The van der Waals surface area contributed by atoms with E-state index < -0.39 is 0 Å². The number of aryl methyl sites for hydroxylation is 1. The third-order valence-electron chi connectivity index (χ3n) is 5.20. The molecule has 0 aliphatic carbocycles. The number of nitrogens with one attached hydrogen (secondary N) is 1. The van der Waals surface area contributed by atoms with Crippen molar-refractivity contribution in [3.8, 4) is 11.4 Å². The molecule has 7 nitrogen and oxygen atoms in total. The lowest BCUT2D eigenvalue weighted by Crippen LogP contribution is -2.20. The van der Waals surface area contributed by atoms with Gasteiger partial charge in [-0.1, -0.05) is 6.07 Å². The van der Waals surface area contributed by atoms with Crippen molar-refractivity contribution in [1.82, 2.24) is 19.4 Å². The molecule has 27 heavy (non-hydrogen) atoms. The summed E-state index contributed by atoms with van der Waals surface area (Å²) < 4.78 is 2.11. The van der Waals surface area contributed by atoms with Crippen LogP contribution in [-0.2, 0) is 17.9 Å². The maximum atomic E-state index is 11.9. The van der Waals surface area contributed by atoms with E-state index in [2.05, 4.69) is 9.55 Å². The first-order chi connectivity index (χ1) is 13.0. The van der Waals surface area contributed by atoms with Gasteiger partial charge in [0.05, 0.1) is 17.6 Å². The standard InChI is InChI=1S/C20H22N4O3/c1-12-5-15(8-21-20(12)27)19-22-16-6-13(11-25)3-4-17(16)24(19)10-14-7-18(26)23(2)9-14/h3-6,8,14,25H,7,9-11H2,1-2H3,(H,21,27). The first-order valence-corrected chi connectivity index (χ1v) is 9.00. The van der Waals surface area contributed by atoms with Crippen LogP contribution in [0.2, 0.25) is 0 Å². The molecule has 140 valence electrons. The Bertz CT molecular complexity index is 1080. The predicted molar refractivity (Wildman–Crippen MR) is 102 cm³/mol. The Balaban J connectivity index is 1.84. The molecule has 1 atom stereocenters. The van der Waals surface area contributed by atoms with Gasteiger partial charge in [-0.2, -0.15) is 0 Å². The largest absolute Gasteiger partial charge is 0.392 e. The van der Waals surface area contributed by atoms with Gasteiger partial charge in [-0.3, -0.25) is 9.59 Å². The summed E-state index contributed by atoms with van der Waals surface area (Å²) in [5.74, 6) is 1.12. The number of pyridine rings is 1. The Labute approximate surface area is 156 Å². The number of aliphatic hydroxyl groups excluding tert-OH is 1. The van der Waals surface area contributed by atoms with Crippen LogP contribution in [-0.4, -0.2) is 44.0 Å². The van der Waals surface area contributed by atoms with E-state index in [9.17, 15) is 14.7 Å². The van der Waals surface area contributed by atoms with Crippen LogP contribution in [0.3, 0.4) is 0 Å². The molecule has 0 saturated carbocycles. The van der Waals surface area contributed by atoms with Crippen molar-refractivity contribution < 1.29 is 9.90 Å². The molecule has 1 unspecified atom stereocenters. The molecule has 1 aromatic carbocycles. The number of aromatic amines is 1. The molecule has 4 rings (SSSR count). The van der Waals surface area contributed by atoms with E-state index in [1.165, 1.54) is 0 Å². The van der Waals surface area contributed by atoms with Crippen LogP contribution in [0.1, 0.15) is 17.5 Å². The lowest BCUT2D eigenvalue weighted by molar-refractivity contribution is -0.126. The normalized spacial score (nSPS) is 17.2. The number of carbonyl (C=O) groups excluding carboxylic acids is 1. The summed E-state index contributed by atoms with van der Waals surface area (Å²) in [5, 5.41) is 9.43. The molecule has 2 N–H and O–H groups in total. The number of rotatable bonds is 4. The van der Waals surface area contributed by atoms with Gasteiger partial charge in [0.15, 0.2) is 0 Å². The van der Waals surface area contributed by atoms with Crippen LogP contribution in [0.15, 0.2) is 35.3 Å². The average molecular weight is 366 g/mol. The summed E-state index contributed by atoms with van der Waals surface area (Å²) in [6, 6.07) is 7.54. The van der Waals surface area contributed by atoms with E-state index in [0.717, 1.165) is 34.5 Å². The lowest BCUT2D eigenvalue weighted by atomic mass is 10.1. The Morgan fingerprint density at radius 3 is 2.78 bits per heavy atom. The van der Waals surface area contributed by atoms with E-state index in [-0.39, 0.29) is 24.0 Å². The Morgan fingerprint density at radius 1 is 1.30 bits per heavy atom. The van der Waals surface area contributed by atoms with Crippen molar-refractivity contribution in [3.63, 3.8) is 0 Å². The van der Waals surface area contributed by atoms with Gasteiger partial charge in [-0.05, 0) is 30.7 Å². The van der Waals surface area contributed by atoms with Crippen LogP contribution in [0, 0.1) is 12.8 Å². The fourth-order valence-electron chi connectivity index (χ4n) is 3.74. The fraction of sp³-hybridized carbons (Fsp3) is 0.350. The molecule has 1 fully saturated rings. The average Bonchev–Trinajstić information content (AvgIpc) is 3.17. The molecule has 3 heterocycles. The van der Waals surface area contributed by atoms with Gasteiger partial charge in [-0.15, -0.1) is 0 Å². The molecule has 1 aliphatic rings. The maximum absolute atomic E-state index is 11.9. The number of imidazole rings is 1. The third kappa shape index (κ3) is 3.14. The topological polar surface area (TPSA) is 91.2 Å². The zero-order valence-electron chi connectivity index (χ0n) is 15.4. The van der Waals surface area contributed by atoms with Gasteiger partial charge >= 0.3 is 0 Å². The molecule has 7 heteroatoms. The van der Waals surface area contributed by atoms with Crippen LogP contribution in [0.4, 0.5) is 0 Å². The van der Waals surface area contributed by atoms with Gasteiger partial charge in [0.1, 0.15) is 5.82 Å². The van der Waals surface area contributed by atoms with Gasteiger partial charge in [-0.25, -0.2) is 4.98 Å². The second kappa shape index (κ2) is 6.66. The number of H-pyrrole nitrogens is 1. The first-order valence-electron chi connectivity index (χ1n) is 9.00. The number of fused-ring (bicyclic) bond motifs is 1. The van der Waals surface area contributed by atoms with E-state index in [0.29, 0.717) is 18.5 Å². The highest BCUT2D eigenvalue weighted by molar-refractivity contribution is 5.82. The van der Waals surface area contributed by atoms with Gasteiger partial charge in [0, 0.05) is 49.8 Å². The summed E-state index contributed by atoms with van der Waals surface area (Å²) in [7, 11) is 1.83. The second-order valence-electron chi connectivity index (χ2n) is 7.27. The number of carbonyl (C=O) groups is 1. The number of hydrogen-bond donors (Lipinski definition) is 2. The number of aliphatic hydroxyl groups is 1. The molecule has 0 radical (unpaired) electrons. The second-order valence-corrected chi connectivity index (χ2v) is 7.27. The summed E-state index contributed by atoms with van der Waals surface area (Å²) in [4.78, 5) is 33.0. The minimum absolute atomic E-state index is 0.0438. The quantitative estimate of drug-likeness (QED) is 0.735. The third-order valence-corrected chi connectivity index (χ3v) is 5.20. The number of amides is 1. The number of benzene rings is 1. The van der Waals surface area contributed by atoms with Crippen molar-refractivity contribution >= 4 is 16.9 Å². The minimum atomic E-state index is -0.119. The lowest BCUT2D eigenvalue weighted by Gasteiger charge is -2.14. The number of aromatic nitrogens is 3. The first kappa shape index (κ1) is 17.5. The zero-order valence-corrected chi connectivity index (χ0v) is 15.4.